The fourth-order valence-corrected chi connectivity index (χ4v) is 1.47. The maximum absolute atomic E-state index is 11.7. The molecule has 18 heavy (non-hydrogen) atoms. The number of hydrogen-bond acceptors (Lipinski definition) is 4. The van der Waals surface area contributed by atoms with E-state index in [1.54, 1.807) is 18.2 Å². The first-order valence-corrected chi connectivity index (χ1v) is 5.42. The number of ether oxygens (including phenoxy) is 2. The Labute approximate surface area is 106 Å². The van der Waals surface area contributed by atoms with Crippen LogP contribution in [0.1, 0.15) is 15.9 Å². The summed E-state index contributed by atoms with van der Waals surface area (Å²) in [5.41, 5.74) is 0.887. The van der Waals surface area contributed by atoms with Crippen LogP contribution >= 0.6 is 0 Å². The van der Waals surface area contributed by atoms with Crippen molar-refractivity contribution >= 4 is 5.97 Å². The molecule has 0 radical (unpaired) electrons. The molecular weight excluding hydrogens is 232 g/mol. The van der Waals surface area contributed by atoms with E-state index in [0.717, 1.165) is 5.56 Å². The summed E-state index contributed by atoms with van der Waals surface area (Å²) in [4.78, 5) is 11.7. The molecule has 4 heteroatoms. The molecule has 0 aliphatic heterocycles. The lowest BCUT2D eigenvalue weighted by molar-refractivity contribution is 0.0545. The van der Waals surface area contributed by atoms with E-state index in [1.807, 2.05) is 0 Å². The van der Waals surface area contributed by atoms with E-state index >= 15 is 0 Å². The summed E-state index contributed by atoms with van der Waals surface area (Å²) in [6.45, 7) is 7.17. The molecule has 4 nitrogen and oxygen atoms in total. The molecular formula is C14H16O4. The molecule has 0 aromatic heterocycles. The topological polar surface area (TPSA) is 55.8 Å². The van der Waals surface area contributed by atoms with Crippen LogP contribution in [-0.2, 0) is 11.2 Å². The number of phenolic OH excluding ortho intramolecular Hbond substituents is 1. The summed E-state index contributed by atoms with van der Waals surface area (Å²) in [5.74, 6) is -0.601. The van der Waals surface area contributed by atoms with Crippen molar-refractivity contribution in [3.8, 4) is 11.5 Å². The number of benzene rings is 1. The number of methoxy groups -OCH3 is 1. The molecule has 0 heterocycles. The Balaban J connectivity index is 3.14. The van der Waals surface area contributed by atoms with Crippen LogP contribution in [-0.4, -0.2) is 24.8 Å². The standard InChI is InChI=1S/C14H16O4/c1-4-6-10-8-11(14(16)18-7-5-2)13(15)12(9-10)17-3/h4-5,8-9,15H,1-2,6-7H2,3H3. The number of allylic oxidation sites excluding steroid dienone is 1. The van der Waals surface area contributed by atoms with Gasteiger partial charge in [0, 0.05) is 0 Å². The van der Waals surface area contributed by atoms with Gasteiger partial charge in [-0.3, -0.25) is 0 Å². The molecule has 0 aliphatic carbocycles. The summed E-state index contributed by atoms with van der Waals surface area (Å²) in [7, 11) is 1.42. The van der Waals surface area contributed by atoms with Crippen molar-refractivity contribution in [1.82, 2.24) is 0 Å². The predicted octanol–water partition coefficient (Wildman–Crippen LogP) is 2.47. The van der Waals surface area contributed by atoms with E-state index in [0.29, 0.717) is 6.42 Å². The van der Waals surface area contributed by atoms with Gasteiger partial charge in [0.15, 0.2) is 11.5 Å². The van der Waals surface area contributed by atoms with Crippen LogP contribution in [0.4, 0.5) is 0 Å². The molecule has 0 saturated heterocycles. The molecule has 0 aliphatic rings. The Morgan fingerprint density at radius 1 is 1.39 bits per heavy atom. The van der Waals surface area contributed by atoms with Crippen LogP contribution in [0.2, 0.25) is 0 Å². The number of hydrogen-bond donors (Lipinski definition) is 1. The minimum Gasteiger partial charge on any atom is -0.504 e. The third kappa shape index (κ3) is 3.13. The molecule has 0 unspecified atom stereocenters. The SMILES string of the molecule is C=CCOC(=O)c1cc(CC=C)cc(OC)c1O. The average molecular weight is 248 g/mol. The third-order valence-electron chi connectivity index (χ3n) is 2.29. The van der Waals surface area contributed by atoms with Crippen molar-refractivity contribution in [2.45, 2.75) is 6.42 Å². The van der Waals surface area contributed by atoms with Gasteiger partial charge in [0.1, 0.15) is 12.2 Å². The van der Waals surface area contributed by atoms with Gasteiger partial charge in [0.2, 0.25) is 0 Å². The Kier molecular flexibility index (Phi) is 4.99. The van der Waals surface area contributed by atoms with Crippen LogP contribution in [0.15, 0.2) is 37.4 Å². The van der Waals surface area contributed by atoms with E-state index in [2.05, 4.69) is 13.2 Å². The van der Waals surface area contributed by atoms with E-state index in [4.69, 9.17) is 9.47 Å². The van der Waals surface area contributed by atoms with Crippen molar-refractivity contribution in [2.75, 3.05) is 13.7 Å². The first-order chi connectivity index (χ1) is 8.63. The second-order valence-corrected chi connectivity index (χ2v) is 3.57. The zero-order valence-corrected chi connectivity index (χ0v) is 10.3. The third-order valence-corrected chi connectivity index (χ3v) is 2.29. The highest BCUT2D eigenvalue weighted by atomic mass is 16.5. The van der Waals surface area contributed by atoms with Crippen LogP contribution in [0.3, 0.4) is 0 Å². The minimum atomic E-state index is -0.614. The Morgan fingerprint density at radius 3 is 2.67 bits per heavy atom. The fourth-order valence-electron chi connectivity index (χ4n) is 1.47. The van der Waals surface area contributed by atoms with Gasteiger partial charge in [-0.2, -0.15) is 0 Å². The number of phenols is 1. The second kappa shape index (κ2) is 6.49. The number of rotatable bonds is 6. The Morgan fingerprint density at radius 2 is 2.11 bits per heavy atom. The van der Waals surface area contributed by atoms with Crippen LogP contribution in [0.25, 0.3) is 0 Å². The zero-order chi connectivity index (χ0) is 13.5. The van der Waals surface area contributed by atoms with Crippen molar-refractivity contribution in [1.29, 1.82) is 0 Å². The van der Waals surface area contributed by atoms with Crippen molar-refractivity contribution in [3.05, 3.63) is 48.6 Å². The van der Waals surface area contributed by atoms with E-state index in [9.17, 15) is 9.90 Å². The number of carbonyl (C=O) groups excluding carboxylic acids is 1. The maximum Gasteiger partial charge on any atom is 0.342 e. The Bertz CT molecular complexity index is 463. The second-order valence-electron chi connectivity index (χ2n) is 3.57. The first kappa shape index (κ1) is 13.8. The lowest BCUT2D eigenvalue weighted by Crippen LogP contribution is -2.07. The molecule has 1 N–H and O–H groups in total. The van der Waals surface area contributed by atoms with Crippen LogP contribution in [0.5, 0.6) is 11.5 Å². The van der Waals surface area contributed by atoms with Gasteiger partial charge in [-0.25, -0.2) is 4.79 Å². The molecule has 96 valence electrons. The van der Waals surface area contributed by atoms with Gasteiger partial charge >= 0.3 is 5.97 Å². The Hall–Kier alpha value is -2.23. The lowest BCUT2D eigenvalue weighted by atomic mass is 10.1. The van der Waals surface area contributed by atoms with Gasteiger partial charge in [0.05, 0.1) is 7.11 Å². The first-order valence-electron chi connectivity index (χ1n) is 5.42. The summed E-state index contributed by atoms with van der Waals surface area (Å²) in [6.07, 6.45) is 3.73. The molecule has 0 saturated carbocycles. The zero-order valence-electron chi connectivity index (χ0n) is 10.3. The summed E-state index contributed by atoms with van der Waals surface area (Å²) in [5, 5.41) is 9.87. The number of aromatic hydroxyl groups is 1. The van der Waals surface area contributed by atoms with Crippen molar-refractivity contribution in [3.63, 3.8) is 0 Å². The van der Waals surface area contributed by atoms with Gasteiger partial charge in [0.25, 0.3) is 0 Å². The smallest absolute Gasteiger partial charge is 0.342 e. The predicted molar refractivity (Wildman–Crippen MR) is 69.0 cm³/mol. The molecule has 0 spiro atoms. The maximum atomic E-state index is 11.7. The van der Waals surface area contributed by atoms with E-state index in [-0.39, 0.29) is 23.7 Å². The number of carbonyl (C=O) groups is 1. The largest absolute Gasteiger partial charge is 0.504 e. The summed E-state index contributed by atoms with van der Waals surface area (Å²) >= 11 is 0. The molecule has 0 amide bonds. The number of esters is 1. The summed E-state index contributed by atoms with van der Waals surface area (Å²) < 4.78 is 9.91. The highest BCUT2D eigenvalue weighted by molar-refractivity contribution is 5.93. The van der Waals surface area contributed by atoms with Crippen molar-refractivity contribution < 1.29 is 19.4 Å². The normalized spacial score (nSPS) is 9.61. The lowest BCUT2D eigenvalue weighted by Gasteiger charge is -2.10. The van der Waals surface area contributed by atoms with E-state index < -0.39 is 5.97 Å². The average Bonchev–Trinajstić information content (AvgIpc) is 2.38. The quantitative estimate of drug-likeness (QED) is 0.620. The molecule has 0 atom stereocenters. The molecule has 1 rings (SSSR count). The van der Waals surface area contributed by atoms with Gasteiger partial charge in [-0.05, 0) is 24.1 Å². The minimum absolute atomic E-state index is 0.0769. The van der Waals surface area contributed by atoms with Gasteiger partial charge in [-0.1, -0.05) is 18.7 Å². The molecule has 0 fully saturated rings. The van der Waals surface area contributed by atoms with E-state index in [1.165, 1.54) is 13.2 Å². The summed E-state index contributed by atoms with van der Waals surface area (Å²) in [6, 6.07) is 3.21. The highest BCUT2D eigenvalue weighted by Crippen LogP contribution is 2.32. The molecule has 1 aromatic rings. The molecule has 0 bridgehead atoms. The van der Waals surface area contributed by atoms with Crippen LogP contribution < -0.4 is 4.74 Å². The monoisotopic (exact) mass is 248 g/mol. The van der Waals surface area contributed by atoms with Gasteiger partial charge in [-0.15, -0.1) is 6.58 Å². The van der Waals surface area contributed by atoms with Crippen LogP contribution in [0, 0.1) is 0 Å². The molecule has 1 aromatic carbocycles. The van der Waals surface area contributed by atoms with Crippen molar-refractivity contribution in [2.24, 2.45) is 0 Å². The fraction of sp³-hybridized carbons (Fsp3) is 0.214. The van der Waals surface area contributed by atoms with Gasteiger partial charge < -0.3 is 14.6 Å². The highest BCUT2D eigenvalue weighted by Gasteiger charge is 2.17.